The van der Waals surface area contributed by atoms with Crippen LogP contribution in [0.15, 0.2) is 26.9 Å². The molecule has 3 rings (SSSR count). The standard InChI is InChI=1S/C11H6ClN5S3/c1-17-9(7-3-2-4-18-7)14-15-11(17)19-10-6(5-13)8(12)16-20-10/h2-4H,1H3. The third-order valence-electron chi connectivity index (χ3n) is 2.49. The summed E-state index contributed by atoms with van der Waals surface area (Å²) < 4.78 is 6.60. The molecule has 100 valence electrons. The minimum Gasteiger partial charge on any atom is -0.304 e. The molecule has 0 radical (unpaired) electrons. The van der Waals surface area contributed by atoms with Crippen molar-refractivity contribution in [2.45, 2.75) is 9.37 Å². The fraction of sp³-hybridized carbons (Fsp3) is 0.0909. The van der Waals surface area contributed by atoms with E-state index in [1.807, 2.05) is 29.1 Å². The molecule has 5 nitrogen and oxygen atoms in total. The Morgan fingerprint density at radius 2 is 2.30 bits per heavy atom. The Hall–Kier alpha value is -1.40. The van der Waals surface area contributed by atoms with Crippen LogP contribution in [0.2, 0.25) is 5.15 Å². The zero-order chi connectivity index (χ0) is 14.1. The number of rotatable bonds is 3. The summed E-state index contributed by atoms with van der Waals surface area (Å²) in [5.41, 5.74) is 0.391. The first-order valence-corrected chi connectivity index (χ1v) is 8.22. The van der Waals surface area contributed by atoms with Gasteiger partial charge in [-0.05, 0) is 34.7 Å². The summed E-state index contributed by atoms with van der Waals surface area (Å²) in [6, 6.07) is 6.02. The third-order valence-corrected chi connectivity index (χ3v) is 5.78. The quantitative estimate of drug-likeness (QED) is 0.728. The van der Waals surface area contributed by atoms with E-state index in [1.165, 1.54) is 23.3 Å². The van der Waals surface area contributed by atoms with Gasteiger partial charge in [-0.25, -0.2) is 0 Å². The fourth-order valence-corrected chi connectivity index (χ4v) is 4.31. The van der Waals surface area contributed by atoms with Crippen molar-refractivity contribution in [3.05, 3.63) is 28.2 Å². The van der Waals surface area contributed by atoms with E-state index in [0.717, 1.165) is 14.9 Å². The van der Waals surface area contributed by atoms with Gasteiger partial charge >= 0.3 is 0 Å². The molecule has 0 spiro atoms. The van der Waals surface area contributed by atoms with E-state index in [1.54, 1.807) is 11.3 Å². The van der Waals surface area contributed by atoms with Gasteiger partial charge in [0.15, 0.2) is 16.1 Å². The van der Waals surface area contributed by atoms with Gasteiger partial charge in [0.25, 0.3) is 0 Å². The van der Waals surface area contributed by atoms with Gasteiger partial charge in [-0.1, -0.05) is 17.7 Å². The summed E-state index contributed by atoms with van der Waals surface area (Å²) in [6.45, 7) is 0. The molecule has 9 heteroatoms. The molecule has 0 atom stereocenters. The zero-order valence-electron chi connectivity index (χ0n) is 10.1. The molecule has 0 amide bonds. The van der Waals surface area contributed by atoms with Gasteiger partial charge in [0.2, 0.25) is 0 Å². The smallest absolute Gasteiger partial charge is 0.196 e. The second-order valence-corrected chi connectivity index (χ2v) is 7.01. The first kappa shape index (κ1) is 13.6. The lowest BCUT2D eigenvalue weighted by Gasteiger charge is -2.00. The summed E-state index contributed by atoms with van der Waals surface area (Å²) >= 11 is 10.0. The lowest BCUT2D eigenvalue weighted by atomic mass is 10.4. The highest BCUT2D eigenvalue weighted by Crippen LogP contribution is 2.36. The van der Waals surface area contributed by atoms with E-state index < -0.39 is 0 Å². The highest BCUT2D eigenvalue weighted by Gasteiger charge is 2.18. The fourth-order valence-electron chi connectivity index (χ4n) is 1.53. The molecular formula is C11H6ClN5S3. The van der Waals surface area contributed by atoms with Crippen molar-refractivity contribution in [2.24, 2.45) is 7.05 Å². The molecule has 0 saturated heterocycles. The van der Waals surface area contributed by atoms with Crippen LogP contribution in [-0.4, -0.2) is 19.1 Å². The van der Waals surface area contributed by atoms with Crippen LogP contribution >= 0.6 is 46.2 Å². The Balaban J connectivity index is 1.95. The molecule has 3 aromatic rings. The molecule has 0 N–H and O–H groups in total. The molecule has 0 aliphatic carbocycles. The van der Waals surface area contributed by atoms with Gasteiger partial charge in [-0.15, -0.1) is 21.5 Å². The Morgan fingerprint density at radius 1 is 1.45 bits per heavy atom. The Bertz CT molecular complexity index is 784. The van der Waals surface area contributed by atoms with Gasteiger partial charge in [0.1, 0.15) is 15.8 Å². The first-order chi connectivity index (χ1) is 9.70. The second kappa shape index (κ2) is 5.54. The Labute approximate surface area is 132 Å². The van der Waals surface area contributed by atoms with Crippen molar-refractivity contribution in [2.75, 3.05) is 0 Å². The van der Waals surface area contributed by atoms with Crippen LogP contribution in [0.25, 0.3) is 10.7 Å². The number of nitriles is 1. The maximum absolute atomic E-state index is 9.07. The number of hydrogen-bond donors (Lipinski definition) is 0. The molecule has 3 heterocycles. The summed E-state index contributed by atoms with van der Waals surface area (Å²) in [5, 5.41) is 20.3. The molecule has 20 heavy (non-hydrogen) atoms. The van der Waals surface area contributed by atoms with Gasteiger partial charge in [-0.3, -0.25) is 0 Å². The molecule has 0 aliphatic heterocycles. The molecule has 0 bridgehead atoms. The van der Waals surface area contributed by atoms with Crippen LogP contribution in [0, 0.1) is 11.3 Å². The minimum atomic E-state index is 0.237. The topological polar surface area (TPSA) is 67.4 Å². The molecule has 0 saturated carbocycles. The van der Waals surface area contributed by atoms with E-state index in [-0.39, 0.29) is 5.15 Å². The molecule has 3 aromatic heterocycles. The predicted octanol–water partition coefficient (Wildman–Crippen LogP) is 3.68. The van der Waals surface area contributed by atoms with Crippen molar-refractivity contribution >= 4 is 46.2 Å². The SMILES string of the molecule is Cn1c(Sc2snc(Cl)c2C#N)nnc1-c1cccs1. The number of aromatic nitrogens is 4. The lowest BCUT2D eigenvalue weighted by Crippen LogP contribution is -1.93. The first-order valence-electron chi connectivity index (χ1n) is 5.37. The van der Waals surface area contributed by atoms with Crippen LogP contribution in [0.3, 0.4) is 0 Å². The number of thiophene rings is 1. The maximum atomic E-state index is 9.07. The van der Waals surface area contributed by atoms with E-state index in [2.05, 4.69) is 20.6 Å². The normalized spacial score (nSPS) is 10.7. The van der Waals surface area contributed by atoms with E-state index >= 15 is 0 Å². The van der Waals surface area contributed by atoms with Gasteiger partial charge in [-0.2, -0.15) is 9.64 Å². The average molecular weight is 340 g/mol. The van der Waals surface area contributed by atoms with E-state index in [4.69, 9.17) is 16.9 Å². The Morgan fingerprint density at radius 3 is 3.00 bits per heavy atom. The molecule has 0 aliphatic rings. The average Bonchev–Trinajstić information content (AvgIpc) is 3.13. The van der Waals surface area contributed by atoms with E-state index in [9.17, 15) is 0 Å². The molecule has 0 unspecified atom stereocenters. The van der Waals surface area contributed by atoms with Crippen LogP contribution in [0.1, 0.15) is 5.56 Å². The highest BCUT2D eigenvalue weighted by molar-refractivity contribution is 8.01. The zero-order valence-corrected chi connectivity index (χ0v) is 13.3. The van der Waals surface area contributed by atoms with Crippen molar-refractivity contribution in [1.82, 2.24) is 19.1 Å². The highest BCUT2D eigenvalue weighted by atomic mass is 35.5. The number of hydrogen-bond acceptors (Lipinski definition) is 7. The number of nitrogens with zero attached hydrogens (tertiary/aromatic N) is 5. The van der Waals surface area contributed by atoms with Crippen LogP contribution in [0.5, 0.6) is 0 Å². The Kier molecular flexibility index (Phi) is 3.76. The van der Waals surface area contributed by atoms with Crippen molar-refractivity contribution in [1.29, 1.82) is 5.26 Å². The third kappa shape index (κ3) is 2.33. The van der Waals surface area contributed by atoms with Crippen molar-refractivity contribution < 1.29 is 0 Å². The molecular weight excluding hydrogens is 334 g/mol. The monoisotopic (exact) mass is 339 g/mol. The maximum Gasteiger partial charge on any atom is 0.196 e. The second-order valence-electron chi connectivity index (χ2n) is 3.69. The summed E-state index contributed by atoms with van der Waals surface area (Å²) in [6.07, 6.45) is 0. The van der Waals surface area contributed by atoms with Gasteiger partial charge in [0, 0.05) is 7.05 Å². The molecule has 0 aromatic carbocycles. The largest absolute Gasteiger partial charge is 0.304 e. The van der Waals surface area contributed by atoms with Crippen molar-refractivity contribution in [3.8, 4) is 16.8 Å². The summed E-state index contributed by atoms with van der Waals surface area (Å²) in [4.78, 5) is 1.05. The van der Waals surface area contributed by atoms with Crippen LogP contribution in [0.4, 0.5) is 0 Å². The van der Waals surface area contributed by atoms with E-state index in [0.29, 0.717) is 10.7 Å². The van der Waals surface area contributed by atoms with Crippen LogP contribution < -0.4 is 0 Å². The minimum absolute atomic E-state index is 0.237. The summed E-state index contributed by atoms with van der Waals surface area (Å²) in [5.74, 6) is 0.802. The van der Waals surface area contributed by atoms with Gasteiger partial charge < -0.3 is 4.57 Å². The summed E-state index contributed by atoms with van der Waals surface area (Å²) in [7, 11) is 1.89. The van der Waals surface area contributed by atoms with Gasteiger partial charge in [0.05, 0.1) is 4.88 Å². The van der Waals surface area contributed by atoms with Crippen LogP contribution in [-0.2, 0) is 7.05 Å². The number of halogens is 1. The predicted molar refractivity (Wildman–Crippen MR) is 80.3 cm³/mol. The van der Waals surface area contributed by atoms with Crippen molar-refractivity contribution in [3.63, 3.8) is 0 Å². The lowest BCUT2D eigenvalue weighted by molar-refractivity contribution is 0.795. The molecule has 0 fully saturated rings.